The van der Waals surface area contributed by atoms with Gasteiger partial charge < -0.3 is 5.11 Å². The van der Waals surface area contributed by atoms with Crippen LogP contribution in [0.25, 0.3) is 0 Å². The number of rotatable bonds is 2. The second-order valence-corrected chi connectivity index (χ2v) is 5.87. The van der Waals surface area contributed by atoms with E-state index in [2.05, 4.69) is 0 Å². The van der Waals surface area contributed by atoms with Gasteiger partial charge in [-0.15, -0.1) is 0 Å². The van der Waals surface area contributed by atoms with Gasteiger partial charge in [0.05, 0.1) is 4.75 Å². The third-order valence-electron chi connectivity index (χ3n) is 2.93. The fraction of sp³-hybridized carbons (Fsp3) is 0.308. The van der Waals surface area contributed by atoms with E-state index in [0.717, 1.165) is 17.3 Å². The molecule has 1 aromatic carbocycles. The van der Waals surface area contributed by atoms with Gasteiger partial charge in [-0.1, -0.05) is 23.9 Å². The smallest absolute Gasteiger partial charge is 0.219 e. The lowest BCUT2D eigenvalue weighted by Crippen LogP contribution is -2.23. The fourth-order valence-corrected chi connectivity index (χ4v) is 3.08. The molecule has 0 spiro atoms. The maximum absolute atomic E-state index is 12.8. The first kappa shape index (κ1) is 12.2. The summed E-state index contributed by atoms with van der Waals surface area (Å²) in [4.78, 5) is 11.5. The Morgan fingerprint density at radius 3 is 2.41 bits per heavy atom. The Hall–Kier alpha value is -1.29. The number of hydrogen-bond donors (Lipinski definition) is 1. The molecule has 0 fully saturated rings. The molecule has 0 bridgehead atoms. The number of carbonyl (C=O) groups excluding carboxylic acids is 1. The minimum Gasteiger partial charge on any atom is -0.510 e. The van der Waals surface area contributed by atoms with Crippen molar-refractivity contribution in [2.24, 2.45) is 0 Å². The molecule has 1 aromatic rings. The summed E-state index contributed by atoms with van der Waals surface area (Å²) in [6, 6.07) is 6.11. The Labute approximate surface area is 104 Å². The molecular weight excluding hydrogens is 239 g/mol. The number of halogens is 1. The van der Waals surface area contributed by atoms with Crippen LogP contribution in [-0.4, -0.2) is 15.0 Å². The summed E-state index contributed by atoms with van der Waals surface area (Å²) in [5.74, 6) is -0.151. The molecule has 0 aromatic heterocycles. The van der Waals surface area contributed by atoms with E-state index in [9.17, 15) is 14.3 Å². The third-order valence-corrected chi connectivity index (χ3v) is 4.21. The molecule has 0 radical (unpaired) electrons. The van der Waals surface area contributed by atoms with Crippen molar-refractivity contribution in [3.63, 3.8) is 0 Å². The molecule has 1 aliphatic heterocycles. The SMILES string of the molecule is CC1=C(O)C(C)(Cc2ccc(F)cc2)SC1=O. The fourth-order valence-electron chi connectivity index (χ4n) is 1.93. The average Bonchev–Trinajstić information content (AvgIpc) is 2.47. The summed E-state index contributed by atoms with van der Waals surface area (Å²) in [5, 5.41) is 9.88. The van der Waals surface area contributed by atoms with Gasteiger partial charge in [-0.25, -0.2) is 4.39 Å². The molecule has 0 aliphatic carbocycles. The molecule has 1 unspecified atom stereocenters. The zero-order chi connectivity index (χ0) is 12.6. The third kappa shape index (κ3) is 2.22. The van der Waals surface area contributed by atoms with E-state index in [4.69, 9.17) is 0 Å². The van der Waals surface area contributed by atoms with Gasteiger partial charge in [-0.2, -0.15) is 0 Å². The molecule has 17 heavy (non-hydrogen) atoms. The van der Waals surface area contributed by atoms with E-state index in [1.807, 2.05) is 6.92 Å². The molecule has 1 aliphatic rings. The maximum atomic E-state index is 12.8. The van der Waals surface area contributed by atoms with Crippen LogP contribution in [0.5, 0.6) is 0 Å². The van der Waals surface area contributed by atoms with Gasteiger partial charge in [-0.05, 0) is 38.0 Å². The first-order valence-electron chi connectivity index (χ1n) is 5.30. The summed E-state index contributed by atoms with van der Waals surface area (Å²) >= 11 is 1.13. The van der Waals surface area contributed by atoms with Gasteiger partial charge in [0.15, 0.2) is 0 Å². The average molecular weight is 252 g/mol. The predicted octanol–water partition coefficient (Wildman–Crippen LogP) is 3.23. The molecule has 2 rings (SSSR count). The van der Waals surface area contributed by atoms with Gasteiger partial charge in [-0.3, -0.25) is 4.79 Å². The lowest BCUT2D eigenvalue weighted by Gasteiger charge is -2.22. The molecule has 1 atom stereocenters. The van der Waals surface area contributed by atoms with Crippen LogP contribution in [0, 0.1) is 5.82 Å². The monoisotopic (exact) mass is 252 g/mol. The molecule has 0 amide bonds. The summed E-state index contributed by atoms with van der Waals surface area (Å²) in [6.45, 7) is 3.45. The molecule has 90 valence electrons. The molecule has 0 saturated carbocycles. The highest BCUT2D eigenvalue weighted by Crippen LogP contribution is 2.44. The van der Waals surface area contributed by atoms with Crippen molar-refractivity contribution in [1.82, 2.24) is 0 Å². The van der Waals surface area contributed by atoms with Crippen LogP contribution in [-0.2, 0) is 11.2 Å². The zero-order valence-corrected chi connectivity index (χ0v) is 10.5. The molecule has 4 heteroatoms. The van der Waals surface area contributed by atoms with Crippen molar-refractivity contribution in [3.8, 4) is 0 Å². The topological polar surface area (TPSA) is 37.3 Å². The Morgan fingerprint density at radius 2 is 1.94 bits per heavy atom. The van der Waals surface area contributed by atoms with Crippen LogP contribution in [0.1, 0.15) is 19.4 Å². The lowest BCUT2D eigenvalue weighted by atomic mass is 9.96. The number of benzene rings is 1. The number of aliphatic hydroxyl groups is 1. The van der Waals surface area contributed by atoms with E-state index < -0.39 is 4.75 Å². The van der Waals surface area contributed by atoms with Crippen molar-refractivity contribution in [2.75, 3.05) is 0 Å². The Kier molecular flexibility index (Phi) is 3.00. The van der Waals surface area contributed by atoms with E-state index in [-0.39, 0.29) is 16.7 Å². The predicted molar refractivity (Wildman–Crippen MR) is 66.4 cm³/mol. The highest BCUT2D eigenvalue weighted by atomic mass is 32.2. The van der Waals surface area contributed by atoms with Crippen LogP contribution in [0.15, 0.2) is 35.6 Å². The number of thioether (sulfide) groups is 1. The zero-order valence-electron chi connectivity index (χ0n) is 9.66. The summed E-state index contributed by atoms with van der Waals surface area (Å²) in [7, 11) is 0. The summed E-state index contributed by atoms with van der Waals surface area (Å²) < 4.78 is 12.2. The van der Waals surface area contributed by atoms with E-state index in [1.165, 1.54) is 12.1 Å². The van der Waals surface area contributed by atoms with Crippen LogP contribution in [0.4, 0.5) is 4.39 Å². The van der Waals surface area contributed by atoms with Gasteiger partial charge in [0, 0.05) is 5.57 Å². The number of hydrogen-bond acceptors (Lipinski definition) is 3. The quantitative estimate of drug-likeness (QED) is 0.878. The Bertz CT molecular complexity index is 493. The van der Waals surface area contributed by atoms with Crippen LogP contribution in [0.3, 0.4) is 0 Å². The van der Waals surface area contributed by atoms with Gasteiger partial charge in [0.25, 0.3) is 0 Å². The molecule has 2 nitrogen and oxygen atoms in total. The van der Waals surface area contributed by atoms with E-state index >= 15 is 0 Å². The largest absolute Gasteiger partial charge is 0.510 e. The van der Waals surface area contributed by atoms with Crippen molar-refractivity contribution in [3.05, 3.63) is 47.0 Å². The van der Waals surface area contributed by atoms with E-state index in [0.29, 0.717) is 12.0 Å². The molecule has 0 saturated heterocycles. The first-order chi connectivity index (χ1) is 7.92. The number of aliphatic hydroxyl groups excluding tert-OH is 1. The molecule has 1 heterocycles. The highest BCUT2D eigenvalue weighted by Gasteiger charge is 2.41. The molecule has 1 N–H and O–H groups in total. The first-order valence-corrected chi connectivity index (χ1v) is 6.12. The summed E-state index contributed by atoms with van der Waals surface area (Å²) in [6.07, 6.45) is 0.507. The number of carbonyl (C=O) groups is 1. The Balaban J connectivity index is 2.25. The standard InChI is InChI=1S/C13H13FO2S/c1-8-11(15)13(2,17-12(8)16)7-9-3-5-10(14)6-4-9/h3-6,15H,7H2,1-2H3. The van der Waals surface area contributed by atoms with Crippen LogP contribution < -0.4 is 0 Å². The van der Waals surface area contributed by atoms with Crippen molar-refractivity contribution >= 4 is 16.9 Å². The lowest BCUT2D eigenvalue weighted by molar-refractivity contribution is -0.107. The van der Waals surface area contributed by atoms with E-state index in [1.54, 1.807) is 19.1 Å². The van der Waals surface area contributed by atoms with Crippen LogP contribution in [0.2, 0.25) is 0 Å². The van der Waals surface area contributed by atoms with Crippen molar-refractivity contribution < 1.29 is 14.3 Å². The Morgan fingerprint density at radius 1 is 1.35 bits per heavy atom. The van der Waals surface area contributed by atoms with Crippen LogP contribution >= 0.6 is 11.8 Å². The maximum Gasteiger partial charge on any atom is 0.219 e. The van der Waals surface area contributed by atoms with Gasteiger partial charge in [0.1, 0.15) is 11.6 Å². The van der Waals surface area contributed by atoms with Gasteiger partial charge >= 0.3 is 0 Å². The second-order valence-electron chi connectivity index (χ2n) is 4.40. The van der Waals surface area contributed by atoms with Crippen molar-refractivity contribution in [2.45, 2.75) is 25.0 Å². The minimum atomic E-state index is -0.626. The second kappa shape index (κ2) is 4.18. The highest BCUT2D eigenvalue weighted by molar-refractivity contribution is 8.15. The minimum absolute atomic E-state index is 0.0906. The molecular formula is C13H13FO2S. The van der Waals surface area contributed by atoms with Gasteiger partial charge in [0.2, 0.25) is 5.12 Å². The summed E-state index contributed by atoms with van der Waals surface area (Å²) in [5.41, 5.74) is 1.31. The van der Waals surface area contributed by atoms with Crippen molar-refractivity contribution in [1.29, 1.82) is 0 Å². The normalized spacial score (nSPS) is 24.5.